The Kier molecular flexibility index (Phi) is 4.80. The van der Waals surface area contributed by atoms with E-state index in [0.29, 0.717) is 25.0 Å². The molecule has 1 saturated carbocycles. The highest BCUT2D eigenvalue weighted by molar-refractivity contribution is 5.74. The number of nitrogens with zero attached hydrogens (tertiary/aromatic N) is 1. The van der Waals surface area contributed by atoms with Crippen molar-refractivity contribution in [1.29, 1.82) is 0 Å². The summed E-state index contributed by atoms with van der Waals surface area (Å²) >= 11 is 0. The predicted octanol–water partition coefficient (Wildman–Crippen LogP) is 1.96. The maximum atomic E-state index is 12.1. The van der Waals surface area contributed by atoms with E-state index in [9.17, 15) is 4.79 Å². The zero-order valence-electron chi connectivity index (χ0n) is 11.5. The van der Waals surface area contributed by atoms with Crippen LogP contribution in [0.25, 0.3) is 0 Å². The summed E-state index contributed by atoms with van der Waals surface area (Å²) in [4.78, 5) is 14.0. The van der Waals surface area contributed by atoms with Crippen molar-refractivity contribution in [2.75, 3.05) is 13.6 Å². The lowest BCUT2D eigenvalue weighted by Crippen LogP contribution is -2.46. The normalized spacial score (nSPS) is 22.2. The van der Waals surface area contributed by atoms with Crippen LogP contribution in [0.5, 0.6) is 0 Å². The molecule has 2 amide bonds. The number of carbonyl (C=O) groups excluding carboxylic acids is 1. The molecule has 1 aromatic rings. The Morgan fingerprint density at radius 2 is 2.11 bits per heavy atom. The zero-order chi connectivity index (χ0) is 13.7. The lowest BCUT2D eigenvalue weighted by Gasteiger charge is -2.29. The van der Waals surface area contributed by atoms with Crippen LogP contribution in [-0.4, -0.2) is 30.6 Å². The molecule has 0 aromatic heterocycles. The minimum atomic E-state index is -0.00537. The highest BCUT2D eigenvalue weighted by Crippen LogP contribution is 2.28. The molecule has 2 atom stereocenters. The molecule has 0 heterocycles. The van der Waals surface area contributed by atoms with Gasteiger partial charge in [0, 0.05) is 19.6 Å². The topological polar surface area (TPSA) is 58.4 Å². The quantitative estimate of drug-likeness (QED) is 0.870. The molecule has 1 aromatic carbocycles. The SMILES string of the molecule is CN(C(=O)NCc1ccccc1)C1CCCC1CN. The molecule has 1 aliphatic carbocycles. The van der Waals surface area contributed by atoms with E-state index in [4.69, 9.17) is 5.73 Å². The van der Waals surface area contributed by atoms with E-state index in [1.54, 1.807) is 0 Å². The van der Waals surface area contributed by atoms with Gasteiger partial charge in [0.15, 0.2) is 0 Å². The first-order valence-corrected chi connectivity index (χ1v) is 6.97. The van der Waals surface area contributed by atoms with Crippen LogP contribution in [0.15, 0.2) is 30.3 Å². The molecule has 0 radical (unpaired) electrons. The average Bonchev–Trinajstić information content (AvgIpc) is 2.93. The molecule has 2 unspecified atom stereocenters. The van der Waals surface area contributed by atoms with Gasteiger partial charge in [-0.2, -0.15) is 0 Å². The Bertz CT molecular complexity index is 407. The number of carbonyl (C=O) groups is 1. The highest BCUT2D eigenvalue weighted by Gasteiger charge is 2.31. The number of nitrogens with two attached hydrogens (primary N) is 1. The largest absolute Gasteiger partial charge is 0.334 e. The van der Waals surface area contributed by atoms with Crippen LogP contribution < -0.4 is 11.1 Å². The molecule has 3 N–H and O–H groups in total. The van der Waals surface area contributed by atoms with Crippen molar-refractivity contribution in [3.8, 4) is 0 Å². The summed E-state index contributed by atoms with van der Waals surface area (Å²) < 4.78 is 0. The van der Waals surface area contributed by atoms with Crippen LogP contribution in [-0.2, 0) is 6.54 Å². The molecule has 0 bridgehead atoms. The number of urea groups is 1. The van der Waals surface area contributed by atoms with E-state index in [2.05, 4.69) is 5.32 Å². The van der Waals surface area contributed by atoms with Crippen LogP contribution in [0, 0.1) is 5.92 Å². The minimum absolute atomic E-state index is 0.00537. The molecule has 0 spiro atoms. The summed E-state index contributed by atoms with van der Waals surface area (Å²) in [6.45, 7) is 1.24. The molecular formula is C15H23N3O. The second-order valence-corrected chi connectivity index (χ2v) is 5.25. The second kappa shape index (κ2) is 6.57. The molecule has 19 heavy (non-hydrogen) atoms. The summed E-state index contributed by atoms with van der Waals surface area (Å²) in [6, 6.07) is 10.2. The lowest BCUT2D eigenvalue weighted by molar-refractivity contribution is 0.176. The number of hydrogen-bond acceptors (Lipinski definition) is 2. The van der Waals surface area contributed by atoms with Gasteiger partial charge >= 0.3 is 6.03 Å². The van der Waals surface area contributed by atoms with Gasteiger partial charge in [-0.1, -0.05) is 36.8 Å². The molecule has 104 valence electrons. The molecule has 1 aliphatic rings. The Morgan fingerprint density at radius 3 is 2.79 bits per heavy atom. The molecule has 0 aliphatic heterocycles. The maximum absolute atomic E-state index is 12.1. The van der Waals surface area contributed by atoms with Crippen molar-refractivity contribution >= 4 is 6.03 Å². The Morgan fingerprint density at radius 1 is 1.37 bits per heavy atom. The van der Waals surface area contributed by atoms with Gasteiger partial charge < -0.3 is 16.0 Å². The minimum Gasteiger partial charge on any atom is -0.334 e. The van der Waals surface area contributed by atoms with Gasteiger partial charge in [-0.25, -0.2) is 4.79 Å². The van der Waals surface area contributed by atoms with Crippen molar-refractivity contribution in [2.45, 2.75) is 31.8 Å². The maximum Gasteiger partial charge on any atom is 0.317 e. The van der Waals surface area contributed by atoms with Crippen LogP contribution in [0.3, 0.4) is 0 Å². The van der Waals surface area contributed by atoms with Gasteiger partial charge in [0.05, 0.1) is 0 Å². The fraction of sp³-hybridized carbons (Fsp3) is 0.533. The Hall–Kier alpha value is -1.55. The van der Waals surface area contributed by atoms with E-state index >= 15 is 0 Å². The van der Waals surface area contributed by atoms with Gasteiger partial charge in [-0.15, -0.1) is 0 Å². The summed E-state index contributed by atoms with van der Waals surface area (Å²) in [5.41, 5.74) is 6.89. The monoisotopic (exact) mass is 261 g/mol. The molecule has 0 saturated heterocycles. The van der Waals surface area contributed by atoms with E-state index in [0.717, 1.165) is 18.4 Å². The third-order valence-electron chi connectivity index (χ3n) is 4.03. The third-order valence-corrected chi connectivity index (χ3v) is 4.03. The predicted molar refractivity (Wildman–Crippen MR) is 76.6 cm³/mol. The van der Waals surface area contributed by atoms with Gasteiger partial charge in [0.25, 0.3) is 0 Å². The fourth-order valence-electron chi connectivity index (χ4n) is 2.85. The standard InChI is InChI=1S/C15H23N3O/c1-18(14-9-5-8-13(14)10-16)15(19)17-11-12-6-3-2-4-7-12/h2-4,6-7,13-14H,5,8-11,16H2,1H3,(H,17,19). The molecule has 4 heteroatoms. The number of rotatable bonds is 4. The van der Waals surface area contributed by atoms with Crippen molar-refractivity contribution < 1.29 is 4.79 Å². The van der Waals surface area contributed by atoms with E-state index in [-0.39, 0.29) is 6.03 Å². The molecule has 2 rings (SSSR count). The first kappa shape index (κ1) is 13.9. The van der Waals surface area contributed by atoms with Crippen LogP contribution >= 0.6 is 0 Å². The van der Waals surface area contributed by atoms with Crippen molar-refractivity contribution in [3.05, 3.63) is 35.9 Å². The van der Waals surface area contributed by atoms with Crippen molar-refractivity contribution in [1.82, 2.24) is 10.2 Å². The first-order valence-electron chi connectivity index (χ1n) is 6.97. The second-order valence-electron chi connectivity index (χ2n) is 5.25. The van der Waals surface area contributed by atoms with E-state index in [1.165, 1.54) is 6.42 Å². The van der Waals surface area contributed by atoms with Crippen molar-refractivity contribution in [2.24, 2.45) is 11.7 Å². The fourth-order valence-corrected chi connectivity index (χ4v) is 2.85. The van der Waals surface area contributed by atoms with Crippen LogP contribution in [0.2, 0.25) is 0 Å². The smallest absolute Gasteiger partial charge is 0.317 e. The summed E-state index contributed by atoms with van der Waals surface area (Å²) in [5.74, 6) is 0.451. The van der Waals surface area contributed by atoms with Gasteiger partial charge in [0.1, 0.15) is 0 Å². The summed E-state index contributed by atoms with van der Waals surface area (Å²) in [7, 11) is 1.87. The lowest BCUT2D eigenvalue weighted by atomic mass is 10.0. The Balaban J connectivity index is 1.85. The van der Waals surface area contributed by atoms with E-state index in [1.807, 2.05) is 42.3 Å². The summed E-state index contributed by atoms with van der Waals surface area (Å²) in [5, 5.41) is 2.97. The third kappa shape index (κ3) is 3.47. The molecule has 4 nitrogen and oxygen atoms in total. The van der Waals surface area contributed by atoms with Crippen LogP contribution in [0.4, 0.5) is 4.79 Å². The first-order chi connectivity index (χ1) is 9.22. The van der Waals surface area contributed by atoms with Gasteiger partial charge in [-0.3, -0.25) is 0 Å². The molecule has 1 fully saturated rings. The van der Waals surface area contributed by atoms with Gasteiger partial charge in [0.2, 0.25) is 0 Å². The van der Waals surface area contributed by atoms with Crippen LogP contribution in [0.1, 0.15) is 24.8 Å². The van der Waals surface area contributed by atoms with E-state index < -0.39 is 0 Å². The number of amides is 2. The molecular weight excluding hydrogens is 238 g/mol. The van der Waals surface area contributed by atoms with Gasteiger partial charge in [-0.05, 0) is 30.9 Å². The summed E-state index contributed by atoms with van der Waals surface area (Å²) in [6.07, 6.45) is 3.37. The number of hydrogen-bond donors (Lipinski definition) is 2. The Labute approximate surface area is 115 Å². The average molecular weight is 261 g/mol. The van der Waals surface area contributed by atoms with Crippen molar-refractivity contribution in [3.63, 3.8) is 0 Å². The zero-order valence-corrected chi connectivity index (χ0v) is 11.5. The number of nitrogens with one attached hydrogen (secondary N) is 1. The number of benzene rings is 1. The highest BCUT2D eigenvalue weighted by atomic mass is 16.2.